The SMILES string of the molecule is C#CC(NCC)c1ccc(F)c(OC)c1. The highest BCUT2D eigenvalue weighted by atomic mass is 19.1. The van der Waals surface area contributed by atoms with Crippen LogP contribution in [0.3, 0.4) is 0 Å². The van der Waals surface area contributed by atoms with Gasteiger partial charge in [0.25, 0.3) is 0 Å². The summed E-state index contributed by atoms with van der Waals surface area (Å²) < 4.78 is 18.0. The van der Waals surface area contributed by atoms with Crippen molar-refractivity contribution in [2.24, 2.45) is 0 Å². The van der Waals surface area contributed by atoms with E-state index >= 15 is 0 Å². The molecule has 0 aromatic heterocycles. The lowest BCUT2D eigenvalue weighted by atomic mass is 10.1. The summed E-state index contributed by atoms with van der Waals surface area (Å²) in [5.74, 6) is 2.43. The second-order valence-corrected chi connectivity index (χ2v) is 3.05. The molecule has 1 atom stereocenters. The Morgan fingerprint density at radius 1 is 1.60 bits per heavy atom. The minimum Gasteiger partial charge on any atom is -0.494 e. The molecule has 0 saturated carbocycles. The highest BCUT2D eigenvalue weighted by Gasteiger charge is 2.10. The van der Waals surface area contributed by atoms with E-state index in [1.807, 2.05) is 6.92 Å². The summed E-state index contributed by atoms with van der Waals surface area (Å²) in [5.41, 5.74) is 0.831. The van der Waals surface area contributed by atoms with Crippen molar-refractivity contribution in [3.8, 4) is 18.1 Å². The molecule has 0 heterocycles. The van der Waals surface area contributed by atoms with Crippen molar-refractivity contribution in [2.75, 3.05) is 13.7 Å². The number of benzene rings is 1. The van der Waals surface area contributed by atoms with E-state index in [1.165, 1.54) is 13.2 Å². The third kappa shape index (κ3) is 2.71. The number of rotatable bonds is 4. The Morgan fingerprint density at radius 3 is 2.87 bits per heavy atom. The fourth-order valence-corrected chi connectivity index (χ4v) is 1.33. The van der Waals surface area contributed by atoms with Crippen molar-refractivity contribution < 1.29 is 9.13 Å². The van der Waals surface area contributed by atoms with Gasteiger partial charge in [0.1, 0.15) is 0 Å². The van der Waals surface area contributed by atoms with Crippen molar-refractivity contribution in [1.29, 1.82) is 0 Å². The molecule has 0 aliphatic heterocycles. The molecule has 0 aliphatic carbocycles. The molecule has 1 unspecified atom stereocenters. The van der Waals surface area contributed by atoms with Crippen molar-refractivity contribution in [3.63, 3.8) is 0 Å². The van der Waals surface area contributed by atoms with Crippen molar-refractivity contribution in [3.05, 3.63) is 29.6 Å². The van der Waals surface area contributed by atoms with E-state index in [-0.39, 0.29) is 17.6 Å². The molecule has 0 saturated heterocycles. The lowest BCUT2D eigenvalue weighted by Gasteiger charge is -2.13. The molecular weight excluding hydrogens is 193 g/mol. The average molecular weight is 207 g/mol. The molecule has 0 radical (unpaired) electrons. The highest BCUT2D eigenvalue weighted by Crippen LogP contribution is 2.22. The molecule has 0 fully saturated rings. The minimum atomic E-state index is -0.381. The second-order valence-electron chi connectivity index (χ2n) is 3.05. The fraction of sp³-hybridized carbons (Fsp3) is 0.333. The smallest absolute Gasteiger partial charge is 0.165 e. The van der Waals surface area contributed by atoms with E-state index in [2.05, 4.69) is 11.2 Å². The molecule has 1 N–H and O–H groups in total. The van der Waals surface area contributed by atoms with Gasteiger partial charge in [-0.1, -0.05) is 18.9 Å². The zero-order valence-corrected chi connectivity index (χ0v) is 8.88. The Bertz CT molecular complexity index is 370. The van der Waals surface area contributed by atoms with Gasteiger partial charge < -0.3 is 10.1 Å². The summed E-state index contributed by atoms with van der Waals surface area (Å²) in [7, 11) is 1.43. The van der Waals surface area contributed by atoms with Gasteiger partial charge in [0.2, 0.25) is 0 Å². The van der Waals surface area contributed by atoms with E-state index in [0.29, 0.717) is 0 Å². The Kier molecular flexibility index (Phi) is 4.14. The van der Waals surface area contributed by atoms with Crippen LogP contribution >= 0.6 is 0 Å². The van der Waals surface area contributed by atoms with Gasteiger partial charge in [0.05, 0.1) is 13.2 Å². The summed E-state index contributed by atoms with van der Waals surface area (Å²) in [5, 5.41) is 3.11. The van der Waals surface area contributed by atoms with Gasteiger partial charge in [-0.2, -0.15) is 0 Å². The molecule has 1 rings (SSSR count). The summed E-state index contributed by atoms with van der Waals surface area (Å²) >= 11 is 0. The average Bonchev–Trinajstić information content (AvgIpc) is 2.27. The van der Waals surface area contributed by atoms with E-state index in [0.717, 1.165) is 12.1 Å². The molecule has 1 aromatic carbocycles. The van der Waals surface area contributed by atoms with Crippen molar-refractivity contribution >= 4 is 0 Å². The van der Waals surface area contributed by atoms with Crippen molar-refractivity contribution in [2.45, 2.75) is 13.0 Å². The minimum absolute atomic E-state index is 0.204. The van der Waals surface area contributed by atoms with Gasteiger partial charge >= 0.3 is 0 Å². The van der Waals surface area contributed by atoms with Crippen molar-refractivity contribution in [1.82, 2.24) is 5.32 Å². The zero-order chi connectivity index (χ0) is 11.3. The van der Waals surface area contributed by atoms with Gasteiger partial charge in [-0.3, -0.25) is 0 Å². The predicted molar refractivity (Wildman–Crippen MR) is 58.2 cm³/mol. The van der Waals surface area contributed by atoms with Gasteiger partial charge in [0.15, 0.2) is 11.6 Å². The summed E-state index contributed by atoms with van der Waals surface area (Å²) in [4.78, 5) is 0. The highest BCUT2D eigenvalue weighted by molar-refractivity contribution is 5.35. The molecule has 1 aromatic rings. The third-order valence-electron chi connectivity index (χ3n) is 2.08. The number of ether oxygens (including phenoxy) is 1. The predicted octanol–water partition coefficient (Wildman–Crippen LogP) is 2.12. The van der Waals surface area contributed by atoms with Crippen LogP contribution in [0.4, 0.5) is 4.39 Å². The summed E-state index contributed by atoms with van der Waals surface area (Å²) in [6.07, 6.45) is 5.37. The van der Waals surface area contributed by atoms with E-state index < -0.39 is 0 Å². The first-order valence-corrected chi connectivity index (χ1v) is 4.75. The summed E-state index contributed by atoms with van der Waals surface area (Å²) in [6, 6.07) is 4.42. The maximum atomic E-state index is 13.1. The molecule has 0 aliphatic rings. The Labute approximate surface area is 89.4 Å². The van der Waals surface area contributed by atoms with Gasteiger partial charge in [-0.05, 0) is 24.2 Å². The largest absolute Gasteiger partial charge is 0.494 e. The Balaban J connectivity index is 2.99. The first-order chi connectivity index (χ1) is 7.22. The first kappa shape index (κ1) is 11.5. The molecule has 80 valence electrons. The first-order valence-electron chi connectivity index (χ1n) is 4.75. The summed E-state index contributed by atoms with van der Waals surface area (Å²) in [6.45, 7) is 2.72. The zero-order valence-electron chi connectivity index (χ0n) is 8.88. The second kappa shape index (κ2) is 5.38. The van der Waals surface area contributed by atoms with Crippen LogP contribution < -0.4 is 10.1 Å². The molecule has 3 heteroatoms. The third-order valence-corrected chi connectivity index (χ3v) is 2.08. The number of halogens is 1. The van der Waals surface area contributed by atoms with E-state index in [4.69, 9.17) is 11.2 Å². The van der Waals surface area contributed by atoms with Crippen LogP contribution in [0.2, 0.25) is 0 Å². The lowest BCUT2D eigenvalue weighted by molar-refractivity contribution is 0.385. The normalized spacial score (nSPS) is 11.9. The number of hydrogen-bond donors (Lipinski definition) is 1. The van der Waals surface area contributed by atoms with E-state index in [1.54, 1.807) is 12.1 Å². The number of nitrogens with one attached hydrogen (secondary N) is 1. The van der Waals surface area contributed by atoms with E-state index in [9.17, 15) is 4.39 Å². The molecule has 0 amide bonds. The Morgan fingerprint density at radius 2 is 2.33 bits per heavy atom. The molecule has 15 heavy (non-hydrogen) atoms. The monoisotopic (exact) mass is 207 g/mol. The number of terminal acetylenes is 1. The van der Waals surface area contributed by atoms with Gasteiger partial charge in [-0.15, -0.1) is 6.42 Å². The quantitative estimate of drug-likeness (QED) is 0.763. The van der Waals surface area contributed by atoms with Crippen LogP contribution in [0.25, 0.3) is 0 Å². The van der Waals surface area contributed by atoms with Gasteiger partial charge in [0, 0.05) is 0 Å². The fourth-order valence-electron chi connectivity index (χ4n) is 1.33. The maximum Gasteiger partial charge on any atom is 0.165 e. The molecular formula is C12H14FNO. The standard InChI is InChI=1S/C12H14FNO/c1-4-11(14-5-2)9-6-7-10(13)12(8-9)15-3/h1,6-8,11,14H,5H2,2-3H3. The molecule has 0 spiro atoms. The number of hydrogen-bond acceptors (Lipinski definition) is 2. The van der Waals surface area contributed by atoms with Crippen LogP contribution in [0.5, 0.6) is 5.75 Å². The van der Waals surface area contributed by atoms with Gasteiger partial charge in [-0.25, -0.2) is 4.39 Å². The van der Waals surface area contributed by atoms with Crippen LogP contribution in [-0.4, -0.2) is 13.7 Å². The molecule has 2 nitrogen and oxygen atoms in total. The topological polar surface area (TPSA) is 21.3 Å². The van der Waals surface area contributed by atoms with Crippen LogP contribution in [0.15, 0.2) is 18.2 Å². The Hall–Kier alpha value is -1.53. The number of methoxy groups -OCH3 is 1. The lowest BCUT2D eigenvalue weighted by Crippen LogP contribution is -2.19. The van der Waals surface area contributed by atoms with Crippen LogP contribution in [-0.2, 0) is 0 Å². The molecule has 0 bridgehead atoms. The van der Waals surface area contributed by atoms with Crippen LogP contribution in [0, 0.1) is 18.2 Å². The maximum absolute atomic E-state index is 13.1. The van der Waals surface area contributed by atoms with Crippen LogP contribution in [0.1, 0.15) is 18.5 Å².